The summed E-state index contributed by atoms with van der Waals surface area (Å²) in [4.78, 5) is 24.6. The van der Waals surface area contributed by atoms with E-state index in [4.69, 9.17) is 4.74 Å². The number of hydrogen-bond acceptors (Lipinski definition) is 4. The number of aromatic nitrogens is 2. The molecule has 0 fully saturated rings. The summed E-state index contributed by atoms with van der Waals surface area (Å²) in [5.74, 6) is -1.00. The van der Waals surface area contributed by atoms with Crippen LogP contribution in [0.25, 0.3) is 5.69 Å². The predicted octanol–water partition coefficient (Wildman–Crippen LogP) is 4.23. The molecule has 0 aliphatic heterocycles. The third kappa shape index (κ3) is 4.53. The molecular weight excluding hydrogens is 385 g/mol. The molecule has 0 saturated carbocycles. The summed E-state index contributed by atoms with van der Waals surface area (Å²) >= 11 is 0. The van der Waals surface area contributed by atoms with Crippen molar-refractivity contribution in [2.24, 2.45) is 0 Å². The quantitative estimate of drug-likeness (QED) is 0.613. The maximum atomic E-state index is 13.4. The van der Waals surface area contributed by atoms with Crippen LogP contribution in [0.1, 0.15) is 32.9 Å². The van der Waals surface area contributed by atoms with E-state index in [1.165, 1.54) is 25.1 Å². The second kappa shape index (κ2) is 7.90. The first-order valence-corrected chi connectivity index (χ1v) is 8.67. The van der Waals surface area contributed by atoms with Crippen molar-refractivity contribution in [3.8, 4) is 5.69 Å². The van der Waals surface area contributed by atoms with Gasteiger partial charge < -0.3 is 4.74 Å². The zero-order valence-electron chi connectivity index (χ0n) is 15.7. The number of hydrogen-bond donors (Lipinski definition) is 0. The van der Waals surface area contributed by atoms with E-state index in [-0.39, 0.29) is 18.0 Å². The average molecular weight is 402 g/mol. The molecule has 0 spiro atoms. The molecular formula is C21H17F3N2O3. The molecule has 150 valence electrons. The fourth-order valence-corrected chi connectivity index (χ4v) is 2.85. The molecule has 0 amide bonds. The van der Waals surface area contributed by atoms with E-state index in [2.05, 4.69) is 5.10 Å². The summed E-state index contributed by atoms with van der Waals surface area (Å²) < 4.78 is 46.1. The highest BCUT2D eigenvalue weighted by Crippen LogP contribution is 2.33. The van der Waals surface area contributed by atoms with E-state index in [9.17, 15) is 22.8 Å². The molecule has 0 aliphatic rings. The molecule has 3 rings (SSSR count). The lowest BCUT2D eigenvalue weighted by atomic mass is 10.1. The van der Waals surface area contributed by atoms with Crippen LogP contribution in [0, 0.1) is 13.8 Å². The standard InChI is InChI=1S/C21H17F3N2O3/c1-13-6-5-7-15(10-13)12-29-20(28)19-18(27)11-14(2)26(25-19)17-9-4-3-8-16(17)21(22,23)24/h3-11H,12H2,1-2H3. The van der Waals surface area contributed by atoms with E-state index in [1.807, 2.05) is 19.1 Å². The molecule has 0 atom stereocenters. The van der Waals surface area contributed by atoms with E-state index >= 15 is 0 Å². The maximum absolute atomic E-state index is 13.4. The van der Waals surface area contributed by atoms with Crippen molar-refractivity contribution in [3.05, 3.63) is 92.9 Å². The van der Waals surface area contributed by atoms with Gasteiger partial charge in [-0.15, -0.1) is 0 Å². The van der Waals surface area contributed by atoms with Gasteiger partial charge in [-0.1, -0.05) is 42.0 Å². The highest BCUT2D eigenvalue weighted by atomic mass is 19.4. The Hall–Kier alpha value is -3.42. The molecule has 5 nitrogen and oxygen atoms in total. The number of carbonyl (C=O) groups excluding carboxylic acids is 1. The lowest BCUT2D eigenvalue weighted by Gasteiger charge is -2.16. The Kier molecular flexibility index (Phi) is 5.54. The zero-order valence-corrected chi connectivity index (χ0v) is 15.7. The van der Waals surface area contributed by atoms with Gasteiger partial charge >= 0.3 is 12.1 Å². The number of ether oxygens (including phenoxy) is 1. The molecule has 0 N–H and O–H groups in total. The maximum Gasteiger partial charge on any atom is 0.418 e. The van der Waals surface area contributed by atoms with Gasteiger partial charge in [-0.25, -0.2) is 9.48 Å². The number of alkyl halides is 3. The second-order valence-corrected chi connectivity index (χ2v) is 6.49. The zero-order chi connectivity index (χ0) is 21.2. The third-order valence-electron chi connectivity index (χ3n) is 4.19. The van der Waals surface area contributed by atoms with Crippen LogP contribution in [0.5, 0.6) is 0 Å². The summed E-state index contributed by atoms with van der Waals surface area (Å²) in [6.45, 7) is 3.22. The Morgan fingerprint density at radius 1 is 1.07 bits per heavy atom. The number of nitrogens with zero attached hydrogens (tertiary/aromatic N) is 2. The Labute approximate surface area is 164 Å². The van der Waals surface area contributed by atoms with Crippen LogP contribution < -0.4 is 5.43 Å². The SMILES string of the molecule is Cc1cccc(COC(=O)c2nn(-c3ccccc3C(F)(F)F)c(C)cc2=O)c1. The van der Waals surface area contributed by atoms with E-state index < -0.39 is 28.8 Å². The topological polar surface area (TPSA) is 61.2 Å². The molecule has 0 radical (unpaired) electrons. The molecule has 3 aromatic rings. The van der Waals surface area contributed by atoms with Crippen molar-refractivity contribution >= 4 is 5.97 Å². The van der Waals surface area contributed by atoms with Crippen LogP contribution in [-0.4, -0.2) is 15.7 Å². The highest BCUT2D eigenvalue weighted by molar-refractivity contribution is 5.87. The number of rotatable bonds is 4. The van der Waals surface area contributed by atoms with Crippen LogP contribution in [0.3, 0.4) is 0 Å². The van der Waals surface area contributed by atoms with E-state index in [0.29, 0.717) is 5.56 Å². The Morgan fingerprint density at radius 2 is 1.79 bits per heavy atom. The van der Waals surface area contributed by atoms with Gasteiger partial charge in [0.05, 0.1) is 11.3 Å². The first-order valence-electron chi connectivity index (χ1n) is 8.67. The van der Waals surface area contributed by atoms with Gasteiger partial charge in [0.2, 0.25) is 11.1 Å². The van der Waals surface area contributed by atoms with Gasteiger partial charge in [-0.3, -0.25) is 4.79 Å². The lowest BCUT2D eigenvalue weighted by Crippen LogP contribution is -2.25. The fraction of sp³-hybridized carbons (Fsp3) is 0.190. The molecule has 1 heterocycles. The average Bonchev–Trinajstić information content (AvgIpc) is 2.66. The van der Waals surface area contributed by atoms with Gasteiger partial charge in [0, 0.05) is 11.8 Å². The first kappa shape index (κ1) is 20.3. The fourth-order valence-electron chi connectivity index (χ4n) is 2.85. The van der Waals surface area contributed by atoms with Crippen LogP contribution in [0.2, 0.25) is 0 Å². The van der Waals surface area contributed by atoms with E-state index in [1.54, 1.807) is 12.1 Å². The molecule has 29 heavy (non-hydrogen) atoms. The van der Waals surface area contributed by atoms with Crippen molar-refractivity contribution < 1.29 is 22.7 Å². The Bertz CT molecular complexity index is 1120. The summed E-state index contributed by atoms with van der Waals surface area (Å²) in [5.41, 5.74) is -0.686. The molecule has 0 bridgehead atoms. The minimum Gasteiger partial charge on any atom is -0.456 e. The first-order chi connectivity index (χ1) is 13.7. The number of aryl methyl sites for hydroxylation is 2. The number of esters is 1. The molecule has 0 unspecified atom stereocenters. The third-order valence-corrected chi connectivity index (χ3v) is 4.19. The number of halogens is 3. The number of para-hydroxylation sites is 1. The van der Waals surface area contributed by atoms with Crippen LogP contribution in [0.4, 0.5) is 13.2 Å². The molecule has 2 aromatic carbocycles. The van der Waals surface area contributed by atoms with Gasteiger partial charge in [0.15, 0.2) is 0 Å². The van der Waals surface area contributed by atoms with Gasteiger partial charge in [0.25, 0.3) is 0 Å². The van der Waals surface area contributed by atoms with Gasteiger partial charge in [0.1, 0.15) is 6.61 Å². The van der Waals surface area contributed by atoms with Crippen molar-refractivity contribution in [1.29, 1.82) is 0 Å². The molecule has 0 saturated heterocycles. The van der Waals surface area contributed by atoms with Crippen LogP contribution in [0.15, 0.2) is 59.4 Å². The van der Waals surface area contributed by atoms with Crippen molar-refractivity contribution in [1.82, 2.24) is 9.78 Å². The van der Waals surface area contributed by atoms with E-state index in [0.717, 1.165) is 22.4 Å². The molecule has 1 aromatic heterocycles. The highest BCUT2D eigenvalue weighted by Gasteiger charge is 2.34. The smallest absolute Gasteiger partial charge is 0.418 e. The minimum atomic E-state index is -4.63. The monoisotopic (exact) mass is 402 g/mol. The summed E-state index contributed by atoms with van der Waals surface area (Å²) in [6, 6.07) is 13.1. The van der Waals surface area contributed by atoms with Gasteiger partial charge in [-0.2, -0.15) is 18.3 Å². The largest absolute Gasteiger partial charge is 0.456 e. The molecule has 8 heteroatoms. The lowest BCUT2D eigenvalue weighted by molar-refractivity contribution is -0.137. The normalized spacial score (nSPS) is 11.3. The minimum absolute atomic E-state index is 0.0886. The summed E-state index contributed by atoms with van der Waals surface area (Å²) in [5, 5.41) is 3.88. The predicted molar refractivity (Wildman–Crippen MR) is 99.9 cm³/mol. The Morgan fingerprint density at radius 3 is 2.48 bits per heavy atom. The van der Waals surface area contributed by atoms with Crippen molar-refractivity contribution in [3.63, 3.8) is 0 Å². The second-order valence-electron chi connectivity index (χ2n) is 6.49. The number of carbonyl (C=O) groups is 1. The van der Waals surface area contributed by atoms with Crippen LogP contribution >= 0.6 is 0 Å². The van der Waals surface area contributed by atoms with Crippen LogP contribution in [-0.2, 0) is 17.5 Å². The summed E-state index contributed by atoms with van der Waals surface area (Å²) in [7, 11) is 0. The van der Waals surface area contributed by atoms with Crippen molar-refractivity contribution in [2.45, 2.75) is 26.6 Å². The van der Waals surface area contributed by atoms with Gasteiger partial charge in [-0.05, 0) is 31.5 Å². The van der Waals surface area contributed by atoms with Crippen molar-refractivity contribution in [2.75, 3.05) is 0 Å². The Balaban J connectivity index is 1.97. The number of benzene rings is 2. The molecule has 0 aliphatic carbocycles. The summed E-state index contributed by atoms with van der Waals surface area (Å²) in [6.07, 6.45) is -4.63.